The molecule has 0 saturated carbocycles. The topological polar surface area (TPSA) is 48.1 Å². The maximum absolute atomic E-state index is 5.90. The summed E-state index contributed by atoms with van der Waals surface area (Å²) in [6, 6.07) is 13.3. The fourth-order valence-electron chi connectivity index (χ4n) is 1.93. The number of anilines is 1. The zero-order valence-electron chi connectivity index (χ0n) is 10.3. The molecule has 3 aromatic rings. The molecule has 0 bridgehead atoms. The lowest BCUT2D eigenvalue weighted by Crippen LogP contribution is -1.92. The van der Waals surface area contributed by atoms with Gasteiger partial charge in [-0.05, 0) is 46.3 Å². The largest absolute Gasteiger partial charge is 0.437 e. The lowest BCUT2D eigenvalue weighted by Gasteiger charge is -2.10. The maximum Gasteiger partial charge on any atom is 0.227 e. The van der Waals surface area contributed by atoms with Crippen molar-refractivity contribution in [2.75, 3.05) is 5.73 Å². The predicted molar refractivity (Wildman–Crippen MR) is 88.1 cm³/mol. The van der Waals surface area contributed by atoms with Crippen LogP contribution in [0.25, 0.3) is 10.8 Å². The smallest absolute Gasteiger partial charge is 0.227 e. The van der Waals surface area contributed by atoms with Gasteiger partial charge in [0, 0.05) is 33.2 Å². The third-order valence-corrected chi connectivity index (χ3v) is 4.22. The number of fused-ring (bicyclic) bond motifs is 1. The van der Waals surface area contributed by atoms with E-state index in [2.05, 4.69) is 36.8 Å². The van der Waals surface area contributed by atoms with Gasteiger partial charge in [0.05, 0.1) is 4.47 Å². The van der Waals surface area contributed by atoms with Gasteiger partial charge in [0.15, 0.2) is 0 Å². The van der Waals surface area contributed by atoms with E-state index in [1.165, 1.54) is 0 Å². The molecule has 0 unspecified atom stereocenters. The zero-order chi connectivity index (χ0) is 14.1. The molecule has 0 atom stereocenters. The third kappa shape index (κ3) is 2.51. The highest BCUT2D eigenvalue weighted by Gasteiger charge is 2.09. The Kier molecular flexibility index (Phi) is 3.63. The van der Waals surface area contributed by atoms with Crippen LogP contribution in [0, 0.1) is 0 Å². The summed E-state index contributed by atoms with van der Waals surface area (Å²) in [5, 5.41) is 1.99. The average Bonchev–Trinajstić information content (AvgIpc) is 2.44. The van der Waals surface area contributed by atoms with E-state index in [4.69, 9.17) is 10.5 Å². The number of rotatable bonds is 2. The second kappa shape index (κ2) is 5.42. The van der Waals surface area contributed by atoms with Gasteiger partial charge in [-0.3, -0.25) is 0 Å². The van der Waals surface area contributed by atoms with E-state index in [0.717, 1.165) is 19.7 Å². The van der Waals surface area contributed by atoms with Gasteiger partial charge in [0.1, 0.15) is 5.75 Å². The van der Waals surface area contributed by atoms with E-state index in [9.17, 15) is 0 Å². The van der Waals surface area contributed by atoms with E-state index in [0.29, 0.717) is 17.3 Å². The van der Waals surface area contributed by atoms with Crippen LogP contribution in [0.4, 0.5) is 5.69 Å². The lowest BCUT2D eigenvalue weighted by molar-refractivity contribution is 0.466. The molecule has 0 amide bonds. The van der Waals surface area contributed by atoms with Crippen LogP contribution in [-0.2, 0) is 0 Å². The monoisotopic (exact) mass is 392 g/mol. The SMILES string of the molecule is Nc1ccc(Br)c(Oc2nccc3c(Br)cccc23)c1. The number of hydrogen-bond donors (Lipinski definition) is 1. The molecule has 2 aromatic carbocycles. The molecular formula is C15H10Br2N2O. The van der Waals surface area contributed by atoms with Crippen LogP contribution in [-0.4, -0.2) is 4.98 Å². The molecule has 5 heteroatoms. The fraction of sp³-hybridized carbons (Fsp3) is 0. The van der Waals surface area contributed by atoms with Crippen LogP contribution >= 0.6 is 31.9 Å². The van der Waals surface area contributed by atoms with E-state index in [-0.39, 0.29) is 0 Å². The Morgan fingerprint density at radius 1 is 0.950 bits per heavy atom. The lowest BCUT2D eigenvalue weighted by atomic mass is 10.2. The first-order valence-electron chi connectivity index (χ1n) is 5.91. The molecule has 0 aliphatic heterocycles. The van der Waals surface area contributed by atoms with Crippen molar-refractivity contribution < 1.29 is 4.74 Å². The van der Waals surface area contributed by atoms with Crippen LogP contribution in [0.15, 0.2) is 57.6 Å². The summed E-state index contributed by atoms with van der Waals surface area (Å²) >= 11 is 6.98. The van der Waals surface area contributed by atoms with Gasteiger partial charge in [-0.15, -0.1) is 0 Å². The number of benzene rings is 2. The minimum absolute atomic E-state index is 0.551. The summed E-state index contributed by atoms with van der Waals surface area (Å²) < 4.78 is 7.74. The molecule has 2 N–H and O–H groups in total. The van der Waals surface area contributed by atoms with Crippen molar-refractivity contribution in [1.82, 2.24) is 4.98 Å². The number of nitrogens with two attached hydrogens (primary N) is 1. The van der Waals surface area contributed by atoms with Crippen molar-refractivity contribution >= 4 is 48.3 Å². The Morgan fingerprint density at radius 2 is 1.80 bits per heavy atom. The number of aromatic nitrogens is 1. The van der Waals surface area contributed by atoms with E-state index in [1.807, 2.05) is 36.4 Å². The Morgan fingerprint density at radius 3 is 2.65 bits per heavy atom. The predicted octanol–water partition coefficient (Wildman–Crippen LogP) is 5.13. The number of ether oxygens (including phenoxy) is 1. The van der Waals surface area contributed by atoms with E-state index < -0.39 is 0 Å². The van der Waals surface area contributed by atoms with Gasteiger partial charge in [-0.2, -0.15) is 0 Å². The summed E-state index contributed by atoms with van der Waals surface area (Å²) in [5.41, 5.74) is 6.43. The number of pyridine rings is 1. The van der Waals surface area contributed by atoms with Gasteiger partial charge < -0.3 is 10.5 Å². The van der Waals surface area contributed by atoms with Gasteiger partial charge in [0.2, 0.25) is 5.88 Å². The number of nitrogens with zero attached hydrogens (tertiary/aromatic N) is 1. The van der Waals surface area contributed by atoms with Crippen molar-refractivity contribution in [3.8, 4) is 11.6 Å². The summed E-state index contributed by atoms with van der Waals surface area (Å²) in [5.74, 6) is 1.19. The fourth-order valence-corrected chi connectivity index (χ4v) is 2.75. The van der Waals surface area contributed by atoms with Crippen LogP contribution in [0.2, 0.25) is 0 Å². The Balaban J connectivity index is 2.11. The normalized spacial score (nSPS) is 10.7. The molecule has 0 radical (unpaired) electrons. The Hall–Kier alpha value is -1.59. The zero-order valence-corrected chi connectivity index (χ0v) is 13.5. The van der Waals surface area contributed by atoms with Crippen LogP contribution in [0.1, 0.15) is 0 Å². The average molecular weight is 394 g/mol. The van der Waals surface area contributed by atoms with Crippen molar-refractivity contribution in [1.29, 1.82) is 0 Å². The summed E-state index contributed by atoms with van der Waals surface area (Å²) in [4.78, 5) is 4.31. The molecule has 0 spiro atoms. The minimum atomic E-state index is 0.551. The molecule has 3 nitrogen and oxygen atoms in total. The summed E-state index contributed by atoms with van der Waals surface area (Å²) in [7, 11) is 0. The number of nitrogen functional groups attached to an aromatic ring is 1. The second-order valence-electron chi connectivity index (χ2n) is 4.24. The third-order valence-electron chi connectivity index (χ3n) is 2.88. The molecule has 3 rings (SSSR count). The highest BCUT2D eigenvalue weighted by Crippen LogP contribution is 2.35. The first kappa shape index (κ1) is 13.4. The molecule has 1 aromatic heterocycles. The molecular weight excluding hydrogens is 384 g/mol. The van der Waals surface area contributed by atoms with Crippen LogP contribution in [0.3, 0.4) is 0 Å². The Labute approximate surface area is 133 Å². The van der Waals surface area contributed by atoms with Gasteiger partial charge in [-0.1, -0.05) is 22.0 Å². The van der Waals surface area contributed by atoms with Crippen molar-refractivity contribution in [3.05, 3.63) is 57.6 Å². The molecule has 20 heavy (non-hydrogen) atoms. The highest BCUT2D eigenvalue weighted by molar-refractivity contribution is 9.11. The highest BCUT2D eigenvalue weighted by atomic mass is 79.9. The van der Waals surface area contributed by atoms with E-state index >= 15 is 0 Å². The number of hydrogen-bond acceptors (Lipinski definition) is 3. The van der Waals surface area contributed by atoms with E-state index in [1.54, 1.807) is 12.3 Å². The number of halogens is 2. The summed E-state index contributed by atoms with van der Waals surface area (Å²) in [6.45, 7) is 0. The molecule has 0 fully saturated rings. The summed E-state index contributed by atoms with van der Waals surface area (Å²) in [6.07, 6.45) is 1.72. The standard InChI is InChI=1S/C15H10Br2N2O/c16-12-3-1-2-11-10(12)6-7-19-15(11)20-14-8-9(18)4-5-13(14)17/h1-8H,18H2. The molecule has 0 aliphatic carbocycles. The van der Waals surface area contributed by atoms with Crippen LogP contribution < -0.4 is 10.5 Å². The van der Waals surface area contributed by atoms with Crippen molar-refractivity contribution in [3.63, 3.8) is 0 Å². The second-order valence-corrected chi connectivity index (χ2v) is 5.95. The van der Waals surface area contributed by atoms with Gasteiger partial charge >= 0.3 is 0 Å². The first-order valence-corrected chi connectivity index (χ1v) is 7.50. The van der Waals surface area contributed by atoms with Gasteiger partial charge in [-0.25, -0.2) is 4.98 Å². The quantitative estimate of drug-likeness (QED) is 0.613. The molecule has 0 saturated heterocycles. The van der Waals surface area contributed by atoms with Crippen LogP contribution in [0.5, 0.6) is 11.6 Å². The Bertz CT molecular complexity index is 790. The molecule has 100 valence electrons. The van der Waals surface area contributed by atoms with Crippen molar-refractivity contribution in [2.24, 2.45) is 0 Å². The van der Waals surface area contributed by atoms with Gasteiger partial charge in [0.25, 0.3) is 0 Å². The van der Waals surface area contributed by atoms with Crippen molar-refractivity contribution in [2.45, 2.75) is 0 Å². The molecule has 0 aliphatic rings. The minimum Gasteiger partial charge on any atom is -0.437 e. The first-order chi connectivity index (χ1) is 9.65. The molecule has 1 heterocycles. The maximum atomic E-state index is 5.90.